The number of unbranched alkanes of at least 4 members (excludes halogenated alkanes) is 2. The smallest absolute Gasteiger partial charge is 0.504 e. The zero-order valence-electron chi connectivity index (χ0n) is 83.1. The van der Waals surface area contributed by atoms with Crippen molar-refractivity contribution in [2.24, 2.45) is 23.7 Å². The predicted molar refractivity (Wildman–Crippen MR) is 575 cm³/mol. The zero-order chi connectivity index (χ0) is 90.3. The average molecular weight is 1980 g/mol. The first-order chi connectivity index (χ1) is 62.9. The fraction of sp³-hybridized carbons (Fsp3) is 0.301. The van der Waals surface area contributed by atoms with Gasteiger partial charge in [-0.05, 0) is 198 Å². The molecule has 1 N–H and O–H groups in total. The molecule has 12 nitrogen and oxygen atoms in total. The van der Waals surface area contributed by atoms with Crippen LogP contribution in [0.3, 0.4) is 0 Å². The van der Waals surface area contributed by atoms with Crippen LogP contribution in [0.25, 0.3) is 29.4 Å². The first-order valence-electron chi connectivity index (χ1n) is 46.8. The van der Waals surface area contributed by atoms with Gasteiger partial charge < -0.3 is 73.8 Å². The molecule has 0 amide bonds. The van der Waals surface area contributed by atoms with Crippen LogP contribution >= 0.6 is 0 Å². The summed E-state index contributed by atoms with van der Waals surface area (Å²) < 4.78 is 11.4. The van der Waals surface area contributed by atoms with Gasteiger partial charge in [0, 0.05) is 88.8 Å². The van der Waals surface area contributed by atoms with Crippen LogP contribution in [0.5, 0.6) is 11.5 Å². The van der Waals surface area contributed by atoms with Crippen LogP contribution in [0.4, 0.5) is 17.1 Å². The molecule has 728 valence electrons. The number of aryl methyl sites for hydroxylation is 2. The molecule has 15 heteroatoms. The summed E-state index contributed by atoms with van der Waals surface area (Å²) in [7, 11) is 1.71. The molecular formula is C123H143Fe3N3O9. The van der Waals surface area contributed by atoms with Crippen molar-refractivity contribution in [2.75, 3.05) is 48.1 Å². The minimum Gasteiger partial charge on any atom is -0.504 e. The molecule has 3 aliphatic heterocycles. The summed E-state index contributed by atoms with van der Waals surface area (Å²) in [5, 5.41) is 10.2. The molecule has 7 aliphatic carbocycles. The molecule has 3 atom stereocenters. The van der Waals surface area contributed by atoms with Crippen LogP contribution in [0.2, 0.25) is 0 Å². The Labute approximate surface area is 856 Å². The number of fused-ring (bicyclic) bond motifs is 3. The van der Waals surface area contributed by atoms with Crippen molar-refractivity contribution in [1.29, 1.82) is 0 Å². The van der Waals surface area contributed by atoms with Crippen molar-refractivity contribution < 1.29 is 65.8 Å². The average Bonchev–Trinajstić information content (AvgIpc) is 1.59. The van der Waals surface area contributed by atoms with Crippen molar-refractivity contribution >= 4 is 35.3 Å². The van der Waals surface area contributed by atoms with Gasteiger partial charge in [0.15, 0.2) is 11.5 Å². The molecule has 19 rings (SSSR count). The van der Waals surface area contributed by atoms with Crippen LogP contribution in [-0.2, 0) is 85.2 Å². The molecule has 0 bridgehead atoms. The number of aromatic hydroxyl groups is 1. The Morgan fingerprint density at radius 3 is 1.52 bits per heavy atom. The van der Waals surface area contributed by atoms with Crippen molar-refractivity contribution in [2.45, 2.75) is 179 Å². The first-order valence-corrected chi connectivity index (χ1v) is 46.8. The SMILES string of the molecule is C1=CCC=C1.C1=CCC=C1.C1=CCC=C1.C=CCC1(C2C=CC=C2)/C(=C\c2c(O)c(=O)c2=O)N(CCC2CCCCC2)c2ccccc21.CCCCOc1c(/C=C2/N(Cc3ccccc3)c3ccc(C)cc3C2(CCCCC2C=CC=C2)Cc2ccccc2)c(=O)c1=O.COCCN1/C(=C/c2c(C)c(=O)c2=O)C(C)(CCC2C=CC=C2)c2cc(-c3ccc(C)cc3)ccc21.[CH3-].[CH3-].[CH3-].[CH3-].[CH3-].[CH3-].[Fe+2].[Fe+2].[Fe+2]. The van der Waals surface area contributed by atoms with Crippen LogP contribution in [0, 0.1) is 89.0 Å². The van der Waals surface area contributed by atoms with Crippen LogP contribution in [0.1, 0.15) is 191 Å². The minimum atomic E-state index is -0.791. The van der Waals surface area contributed by atoms with E-state index < -0.39 is 32.9 Å². The summed E-state index contributed by atoms with van der Waals surface area (Å²) in [6, 6.07) is 51.7. The van der Waals surface area contributed by atoms with Gasteiger partial charge in [-0.15, -0.1) is 6.58 Å². The van der Waals surface area contributed by atoms with Crippen molar-refractivity contribution in [1.82, 2.24) is 0 Å². The third-order valence-electron chi connectivity index (χ3n) is 27.2. The molecule has 0 aromatic heterocycles. The quantitative estimate of drug-likeness (QED) is 0.0156. The second-order valence-corrected chi connectivity index (χ2v) is 35.9. The maximum atomic E-state index is 13.2. The summed E-state index contributed by atoms with van der Waals surface area (Å²) in [6.07, 6.45) is 79.3. The Bertz CT molecular complexity index is 6050. The van der Waals surface area contributed by atoms with Crippen molar-refractivity contribution in [3.05, 3.63) is 488 Å². The number of allylic oxidation sites excluding steroid dienone is 28. The molecule has 3 unspecified atom stereocenters. The second kappa shape index (κ2) is 56.2. The van der Waals surface area contributed by atoms with Crippen LogP contribution < -0.4 is 52.0 Å². The molecule has 3 heterocycles. The normalized spacial score (nSPS) is 19.0. The van der Waals surface area contributed by atoms with E-state index in [4.69, 9.17) is 9.47 Å². The summed E-state index contributed by atoms with van der Waals surface area (Å²) in [5.74, 6) is 1.53. The Balaban J connectivity index is 0.000000330. The summed E-state index contributed by atoms with van der Waals surface area (Å²) in [5.41, 5.74) is 15.0. The number of anilines is 3. The van der Waals surface area contributed by atoms with Gasteiger partial charge in [0.1, 0.15) is 0 Å². The summed E-state index contributed by atoms with van der Waals surface area (Å²) in [4.78, 5) is 81.6. The molecule has 0 radical (unpaired) electrons. The Hall–Kier alpha value is -11.1. The van der Waals surface area contributed by atoms with E-state index in [0.717, 1.165) is 118 Å². The van der Waals surface area contributed by atoms with Crippen LogP contribution in [-0.4, -0.2) is 38.5 Å². The Morgan fingerprint density at radius 1 is 0.449 bits per heavy atom. The Kier molecular flexibility index (Phi) is 47.8. The molecule has 10 aliphatic rings. The third kappa shape index (κ3) is 26.9. The fourth-order valence-corrected chi connectivity index (χ4v) is 20.0. The number of benzene rings is 6. The molecule has 0 saturated heterocycles. The molecule has 1 fully saturated rings. The first kappa shape index (κ1) is 117. The van der Waals surface area contributed by atoms with E-state index in [1.165, 1.54) is 87.9 Å². The zero-order valence-corrected chi connectivity index (χ0v) is 86.4. The third-order valence-corrected chi connectivity index (χ3v) is 27.2. The molecular weight excluding hydrogens is 1830 g/mol. The second-order valence-electron chi connectivity index (χ2n) is 35.9. The number of ether oxygens (including phenoxy) is 2. The van der Waals surface area contributed by atoms with Gasteiger partial charge in [0.2, 0.25) is 21.7 Å². The van der Waals surface area contributed by atoms with Gasteiger partial charge in [-0.25, -0.2) is 0 Å². The topological polar surface area (TPSA) is 151 Å². The number of rotatable bonds is 29. The molecule has 0 spiro atoms. The molecule has 9 aromatic carbocycles. The fourth-order valence-electron chi connectivity index (χ4n) is 20.0. The van der Waals surface area contributed by atoms with E-state index in [0.29, 0.717) is 67.2 Å². The molecule has 138 heavy (non-hydrogen) atoms. The van der Waals surface area contributed by atoms with Gasteiger partial charge >= 0.3 is 51.2 Å². The van der Waals surface area contributed by atoms with E-state index in [1.807, 2.05) is 24.3 Å². The van der Waals surface area contributed by atoms with Crippen molar-refractivity contribution in [3.8, 4) is 22.6 Å². The van der Waals surface area contributed by atoms with Crippen molar-refractivity contribution in [3.63, 3.8) is 0 Å². The largest absolute Gasteiger partial charge is 2.00 e. The van der Waals surface area contributed by atoms with Gasteiger partial charge in [-0.2, -0.15) is 0 Å². The van der Waals surface area contributed by atoms with Gasteiger partial charge in [0.25, 0.3) is 10.9 Å². The maximum absolute atomic E-state index is 13.2. The van der Waals surface area contributed by atoms with E-state index in [9.17, 15) is 33.9 Å². The number of nitrogens with zero attached hydrogens (tertiary/aromatic N) is 3. The van der Waals surface area contributed by atoms with E-state index in [1.54, 1.807) is 20.1 Å². The van der Waals surface area contributed by atoms with Gasteiger partial charge in [0.05, 0.1) is 29.8 Å². The number of methoxy groups -OCH3 is 1. The minimum absolute atomic E-state index is 0. The summed E-state index contributed by atoms with van der Waals surface area (Å²) in [6.45, 7) is 17.6. The number of para-hydroxylation sites is 1. The van der Waals surface area contributed by atoms with Gasteiger partial charge in [-0.3, -0.25) is 28.8 Å². The van der Waals surface area contributed by atoms with Crippen LogP contribution in [0.15, 0.2) is 350 Å². The number of hydrogen-bond acceptors (Lipinski definition) is 12. The van der Waals surface area contributed by atoms with E-state index in [2.05, 4.69) is 334 Å². The van der Waals surface area contributed by atoms with E-state index >= 15 is 0 Å². The van der Waals surface area contributed by atoms with E-state index in [-0.39, 0.29) is 135 Å². The van der Waals surface area contributed by atoms with Gasteiger partial charge in [-0.1, -0.05) is 343 Å². The standard InChI is InChI=1S/C41H43NO3.C32H33NO3.C29H31NO3.3C5H6.6CH3.3Fe/c1-3-4-25-45-40-34(38(43)39(40)44)27-37-41(28-32-18-7-5-8-19-32,24-14-13-17-31-15-11-12-16-31)35-26-30(2)22-23-36(35)42(37)29-33-20-9-6-10-21-33;1-21-9-11-24(12-10-21)25-13-14-28-27(19-25)32(3,16-15-23-7-5-6-8-23)29(33(28)17-18-36-4)20-26-22(2)30(34)31(26)35;1-2-17-29(21-12-6-7-13-21)23-14-8-9-15-24(23)30(18-16-20-10-4-3-5-11-20)25(29)19-22-26(31)28(33)27(22)32;3*1-2-4-5-3-1;;;;;;;;;/h5-12,15-16,18-23,26-27,31H,3-4,13-14,17,24-25,28-29H2,1-2H3;5-14,19-20,23H,15-18H2,1-4H3;2,6-9,12-15,19-21,31H,1,3-5,10-11,16-18H2;3*1-4H,5H2;6*1H3;;;/q;;;;;;6*-1;3*+2/b37-27+;29-20+;25-19+;;;;;;;;;;;;. The molecule has 9 aromatic rings. The summed E-state index contributed by atoms with van der Waals surface area (Å²) >= 11 is 0. The number of hydrogen-bond donors (Lipinski definition) is 1. The predicted octanol–water partition coefficient (Wildman–Crippen LogP) is 27.0. The monoisotopic (exact) mass is 1970 g/mol. The molecule has 1 saturated carbocycles. The maximum Gasteiger partial charge on any atom is 2.00 e. The Morgan fingerprint density at radius 2 is 0.957 bits per heavy atom.